The van der Waals surface area contributed by atoms with Crippen molar-refractivity contribution < 1.29 is 9.18 Å². The molecular formula is C14H18FNO. The number of likely N-dealkylation sites (N-methyl/N-ethyl adjacent to an activating group) is 1. The summed E-state index contributed by atoms with van der Waals surface area (Å²) < 4.78 is 13.9. The minimum atomic E-state index is -0.793. The highest BCUT2D eigenvalue weighted by molar-refractivity contribution is 5.90. The van der Waals surface area contributed by atoms with Gasteiger partial charge in [0.1, 0.15) is 11.4 Å². The third kappa shape index (κ3) is 2.12. The van der Waals surface area contributed by atoms with E-state index in [-0.39, 0.29) is 11.6 Å². The maximum Gasteiger partial charge on any atom is 0.157 e. The van der Waals surface area contributed by atoms with E-state index in [2.05, 4.69) is 5.32 Å². The first-order valence-electron chi connectivity index (χ1n) is 6.24. The lowest BCUT2D eigenvalue weighted by atomic mass is 9.75. The van der Waals surface area contributed by atoms with Crippen LogP contribution in [0.25, 0.3) is 0 Å². The van der Waals surface area contributed by atoms with E-state index < -0.39 is 5.54 Å². The summed E-state index contributed by atoms with van der Waals surface area (Å²) in [6.07, 6.45) is 3.12. The lowest BCUT2D eigenvalue weighted by Gasteiger charge is -2.37. The average molecular weight is 235 g/mol. The van der Waals surface area contributed by atoms with Crippen LogP contribution < -0.4 is 5.32 Å². The van der Waals surface area contributed by atoms with Gasteiger partial charge in [-0.2, -0.15) is 0 Å². The molecule has 0 heterocycles. The van der Waals surface area contributed by atoms with Crippen LogP contribution in [-0.4, -0.2) is 12.3 Å². The van der Waals surface area contributed by atoms with Crippen LogP contribution in [0.2, 0.25) is 0 Å². The highest BCUT2D eigenvalue weighted by Crippen LogP contribution is 2.35. The van der Waals surface area contributed by atoms with Crippen LogP contribution in [0, 0.1) is 5.82 Å². The van der Waals surface area contributed by atoms with Crippen molar-refractivity contribution >= 4 is 5.78 Å². The van der Waals surface area contributed by atoms with Crippen LogP contribution in [0.4, 0.5) is 4.39 Å². The van der Waals surface area contributed by atoms with Crippen LogP contribution in [0.3, 0.4) is 0 Å². The van der Waals surface area contributed by atoms with Crippen molar-refractivity contribution in [3.63, 3.8) is 0 Å². The normalized spacial score (nSPS) is 24.9. The second kappa shape index (κ2) is 4.96. The highest BCUT2D eigenvalue weighted by Gasteiger charge is 2.42. The van der Waals surface area contributed by atoms with Crippen molar-refractivity contribution in [2.45, 2.75) is 38.1 Å². The predicted octanol–water partition coefficient (Wildman–Crippen LogP) is 2.77. The van der Waals surface area contributed by atoms with Gasteiger partial charge in [0.05, 0.1) is 0 Å². The number of Topliss-reactive ketones (excluding diaryl/α,β-unsaturated/α-hetero) is 1. The lowest BCUT2D eigenvalue weighted by Crippen LogP contribution is -2.51. The van der Waals surface area contributed by atoms with E-state index in [9.17, 15) is 9.18 Å². The molecule has 3 heteroatoms. The Morgan fingerprint density at radius 2 is 2.12 bits per heavy atom. The predicted molar refractivity (Wildman–Crippen MR) is 65.2 cm³/mol. The number of carbonyl (C=O) groups is 1. The molecule has 2 nitrogen and oxygen atoms in total. The molecule has 0 spiro atoms. The molecule has 1 atom stereocenters. The van der Waals surface area contributed by atoms with Crippen LogP contribution in [0.5, 0.6) is 0 Å². The molecule has 92 valence electrons. The maximum atomic E-state index is 13.9. The zero-order valence-corrected chi connectivity index (χ0v) is 10.1. The average Bonchev–Trinajstić information content (AvgIpc) is 2.33. The Balaban J connectivity index is 2.47. The third-order valence-electron chi connectivity index (χ3n) is 3.49. The second-order valence-corrected chi connectivity index (χ2v) is 4.55. The standard InChI is InChI=1S/C14H18FNO/c1-2-16-14(10-6-5-9-13(14)17)11-7-3-4-8-12(11)15/h3-4,7-8,16H,2,5-6,9-10H2,1H3. The monoisotopic (exact) mass is 235 g/mol. The summed E-state index contributed by atoms with van der Waals surface area (Å²) in [5.41, 5.74) is -0.287. The Labute approximate surface area is 101 Å². The molecule has 1 unspecified atom stereocenters. The van der Waals surface area contributed by atoms with Gasteiger partial charge in [0.2, 0.25) is 0 Å². The van der Waals surface area contributed by atoms with E-state index in [1.807, 2.05) is 6.92 Å². The largest absolute Gasteiger partial charge is 0.301 e. The molecule has 1 aromatic rings. The van der Waals surface area contributed by atoms with Crippen molar-refractivity contribution in [3.8, 4) is 0 Å². The van der Waals surface area contributed by atoms with E-state index in [1.165, 1.54) is 6.07 Å². The molecule has 1 aromatic carbocycles. The number of ketones is 1. The summed E-state index contributed by atoms with van der Waals surface area (Å²) in [4.78, 5) is 12.2. The van der Waals surface area contributed by atoms with E-state index in [4.69, 9.17) is 0 Å². The Morgan fingerprint density at radius 1 is 1.35 bits per heavy atom. The lowest BCUT2D eigenvalue weighted by molar-refractivity contribution is -0.128. The number of benzene rings is 1. The molecule has 0 amide bonds. The molecule has 1 fully saturated rings. The van der Waals surface area contributed by atoms with E-state index in [1.54, 1.807) is 18.2 Å². The fourth-order valence-corrected chi connectivity index (χ4v) is 2.70. The van der Waals surface area contributed by atoms with Crippen molar-refractivity contribution in [1.82, 2.24) is 5.32 Å². The first-order chi connectivity index (χ1) is 8.20. The summed E-state index contributed by atoms with van der Waals surface area (Å²) in [6.45, 7) is 2.62. The Bertz CT molecular complexity index is 414. The number of hydrogen-bond donors (Lipinski definition) is 1. The molecule has 0 radical (unpaired) electrons. The smallest absolute Gasteiger partial charge is 0.157 e. The molecule has 1 aliphatic rings. The van der Waals surface area contributed by atoms with Crippen LogP contribution >= 0.6 is 0 Å². The second-order valence-electron chi connectivity index (χ2n) is 4.55. The SMILES string of the molecule is CCNC1(c2ccccc2F)CCCCC1=O. The molecule has 1 N–H and O–H groups in total. The summed E-state index contributed by atoms with van der Waals surface area (Å²) in [5.74, 6) is -0.167. The first kappa shape index (κ1) is 12.2. The highest BCUT2D eigenvalue weighted by atomic mass is 19.1. The Hall–Kier alpha value is -1.22. The van der Waals surface area contributed by atoms with Gasteiger partial charge in [0.15, 0.2) is 5.78 Å². The molecule has 1 saturated carbocycles. The van der Waals surface area contributed by atoms with Gasteiger partial charge in [0, 0.05) is 12.0 Å². The Kier molecular flexibility index (Phi) is 3.57. The van der Waals surface area contributed by atoms with Crippen molar-refractivity contribution in [2.24, 2.45) is 0 Å². The molecule has 0 aliphatic heterocycles. The number of halogens is 1. The fourth-order valence-electron chi connectivity index (χ4n) is 2.70. The summed E-state index contributed by atoms with van der Waals surface area (Å²) >= 11 is 0. The molecule has 17 heavy (non-hydrogen) atoms. The van der Waals surface area contributed by atoms with E-state index >= 15 is 0 Å². The quantitative estimate of drug-likeness (QED) is 0.872. The van der Waals surface area contributed by atoms with Gasteiger partial charge in [-0.05, 0) is 25.5 Å². The summed E-state index contributed by atoms with van der Waals surface area (Å²) in [6, 6.07) is 6.60. The molecule has 2 rings (SSSR count). The zero-order chi connectivity index (χ0) is 12.3. The van der Waals surface area contributed by atoms with Crippen LogP contribution in [0.15, 0.2) is 24.3 Å². The number of hydrogen-bond acceptors (Lipinski definition) is 2. The number of carbonyl (C=O) groups excluding carboxylic acids is 1. The fraction of sp³-hybridized carbons (Fsp3) is 0.500. The first-order valence-corrected chi connectivity index (χ1v) is 6.24. The van der Waals surface area contributed by atoms with E-state index in [0.717, 1.165) is 12.8 Å². The number of nitrogens with one attached hydrogen (secondary N) is 1. The van der Waals surface area contributed by atoms with Crippen molar-refractivity contribution in [2.75, 3.05) is 6.54 Å². The van der Waals surface area contributed by atoms with Gasteiger partial charge in [0.25, 0.3) is 0 Å². The van der Waals surface area contributed by atoms with Gasteiger partial charge >= 0.3 is 0 Å². The van der Waals surface area contributed by atoms with Gasteiger partial charge in [-0.25, -0.2) is 4.39 Å². The third-order valence-corrected chi connectivity index (χ3v) is 3.49. The molecule has 0 saturated heterocycles. The van der Waals surface area contributed by atoms with Crippen LogP contribution in [-0.2, 0) is 10.3 Å². The van der Waals surface area contributed by atoms with Gasteiger partial charge < -0.3 is 5.32 Å². The summed E-state index contributed by atoms with van der Waals surface area (Å²) in [5, 5.41) is 3.22. The zero-order valence-electron chi connectivity index (χ0n) is 10.1. The molecular weight excluding hydrogens is 217 g/mol. The molecule has 1 aliphatic carbocycles. The summed E-state index contributed by atoms with van der Waals surface area (Å²) in [7, 11) is 0. The van der Waals surface area contributed by atoms with Gasteiger partial charge in [-0.3, -0.25) is 4.79 Å². The van der Waals surface area contributed by atoms with Crippen molar-refractivity contribution in [1.29, 1.82) is 0 Å². The molecule has 0 aromatic heterocycles. The number of rotatable bonds is 3. The van der Waals surface area contributed by atoms with Crippen LogP contribution in [0.1, 0.15) is 38.2 Å². The minimum Gasteiger partial charge on any atom is -0.301 e. The molecule has 0 bridgehead atoms. The Morgan fingerprint density at radius 3 is 2.76 bits per heavy atom. The maximum absolute atomic E-state index is 13.9. The topological polar surface area (TPSA) is 29.1 Å². The van der Waals surface area contributed by atoms with Crippen molar-refractivity contribution in [3.05, 3.63) is 35.6 Å². The minimum absolute atomic E-state index is 0.121. The van der Waals surface area contributed by atoms with E-state index in [0.29, 0.717) is 24.9 Å². The van der Waals surface area contributed by atoms with Gasteiger partial charge in [-0.15, -0.1) is 0 Å². The van der Waals surface area contributed by atoms with Gasteiger partial charge in [-0.1, -0.05) is 31.5 Å².